The normalized spacial score (nSPS) is 20.7. The first-order valence-electron chi connectivity index (χ1n) is 10.5. The molecule has 2 N–H and O–H groups in total. The van der Waals surface area contributed by atoms with E-state index in [1.54, 1.807) is 42.5 Å². The number of likely N-dealkylation sites (N-methyl/N-ethyl adjacent to an activating group) is 1. The Morgan fingerprint density at radius 2 is 1.57 bits per heavy atom. The third-order valence-electron chi connectivity index (χ3n) is 5.90. The Morgan fingerprint density at radius 1 is 0.971 bits per heavy atom. The maximum atomic E-state index is 13.9. The molecule has 0 aliphatic carbocycles. The van der Waals surface area contributed by atoms with E-state index in [0.29, 0.717) is 10.6 Å². The molecule has 2 unspecified atom stereocenters. The molecule has 0 bridgehead atoms. The van der Waals surface area contributed by atoms with E-state index in [1.165, 1.54) is 20.2 Å². The minimum atomic E-state index is -5.32. The number of halogens is 3. The van der Waals surface area contributed by atoms with Gasteiger partial charge in [0, 0.05) is 18.2 Å². The number of nitrogens with two attached hydrogens (primary N) is 1. The van der Waals surface area contributed by atoms with Gasteiger partial charge >= 0.3 is 12.1 Å². The number of amides is 1. The molecule has 1 aliphatic rings. The van der Waals surface area contributed by atoms with Gasteiger partial charge in [0.25, 0.3) is 5.91 Å². The summed E-state index contributed by atoms with van der Waals surface area (Å²) in [4.78, 5) is 31.7. The first-order valence-corrected chi connectivity index (χ1v) is 10.5. The molecule has 10 heteroatoms. The highest BCUT2D eigenvalue weighted by Crippen LogP contribution is 2.49. The predicted molar refractivity (Wildman–Crippen MR) is 120 cm³/mol. The second-order valence-electron chi connectivity index (χ2n) is 7.86. The zero-order valence-electron chi connectivity index (χ0n) is 18.8. The SMILES string of the molecule is COc1c(-c2ccccc2)cccc1C1(c2ccccc2)C(=O)N(C)C(N)N1OC(=O)C(F)(F)F. The fraction of sp³-hybridized carbons (Fsp3) is 0.200. The molecule has 7 nitrogen and oxygen atoms in total. The lowest BCUT2D eigenvalue weighted by Crippen LogP contribution is -2.53. The van der Waals surface area contributed by atoms with E-state index >= 15 is 0 Å². The van der Waals surface area contributed by atoms with Crippen molar-refractivity contribution in [2.45, 2.75) is 18.0 Å². The fourth-order valence-corrected chi connectivity index (χ4v) is 4.30. The average molecular weight is 485 g/mol. The van der Waals surface area contributed by atoms with Crippen molar-refractivity contribution >= 4 is 11.9 Å². The predicted octanol–water partition coefficient (Wildman–Crippen LogP) is 3.64. The summed E-state index contributed by atoms with van der Waals surface area (Å²) >= 11 is 0. The minimum Gasteiger partial charge on any atom is -0.496 e. The molecule has 1 fully saturated rings. The molecule has 0 spiro atoms. The van der Waals surface area contributed by atoms with Crippen LogP contribution in [-0.4, -0.2) is 48.5 Å². The van der Waals surface area contributed by atoms with Crippen LogP contribution in [0.4, 0.5) is 13.2 Å². The Balaban J connectivity index is 2.05. The third-order valence-corrected chi connectivity index (χ3v) is 5.90. The van der Waals surface area contributed by atoms with Crippen LogP contribution in [0.3, 0.4) is 0 Å². The average Bonchev–Trinajstić information content (AvgIpc) is 3.05. The van der Waals surface area contributed by atoms with Crippen LogP contribution in [0.15, 0.2) is 78.9 Å². The van der Waals surface area contributed by atoms with Crippen LogP contribution < -0.4 is 10.5 Å². The van der Waals surface area contributed by atoms with E-state index in [-0.39, 0.29) is 16.9 Å². The van der Waals surface area contributed by atoms with E-state index in [9.17, 15) is 22.8 Å². The molecule has 4 rings (SSSR count). The number of hydrogen-bond donors (Lipinski definition) is 1. The Bertz CT molecular complexity index is 1240. The van der Waals surface area contributed by atoms with Gasteiger partial charge in [0.05, 0.1) is 7.11 Å². The van der Waals surface area contributed by atoms with Crippen molar-refractivity contribution in [2.24, 2.45) is 5.73 Å². The summed E-state index contributed by atoms with van der Waals surface area (Å²) in [6.45, 7) is 0. The molecule has 3 aromatic rings. The van der Waals surface area contributed by atoms with Crippen LogP contribution in [0.1, 0.15) is 11.1 Å². The van der Waals surface area contributed by atoms with Gasteiger partial charge in [-0.3, -0.25) is 10.5 Å². The van der Waals surface area contributed by atoms with Crippen molar-refractivity contribution in [3.8, 4) is 16.9 Å². The van der Waals surface area contributed by atoms with E-state index in [4.69, 9.17) is 15.3 Å². The molecule has 0 radical (unpaired) electrons. The molecule has 182 valence electrons. The topological polar surface area (TPSA) is 85.1 Å². The van der Waals surface area contributed by atoms with E-state index in [2.05, 4.69) is 0 Å². The summed E-state index contributed by atoms with van der Waals surface area (Å²) < 4.78 is 45.5. The van der Waals surface area contributed by atoms with Crippen LogP contribution >= 0.6 is 0 Å². The Labute approximate surface area is 199 Å². The number of benzene rings is 3. The van der Waals surface area contributed by atoms with Gasteiger partial charge in [-0.25, -0.2) is 4.79 Å². The second kappa shape index (κ2) is 9.05. The molecule has 1 amide bonds. The zero-order chi connectivity index (χ0) is 25.4. The summed E-state index contributed by atoms with van der Waals surface area (Å²) in [5.41, 5.74) is 5.81. The Morgan fingerprint density at radius 3 is 2.14 bits per heavy atom. The van der Waals surface area contributed by atoms with Gasteiger partial charge in [0.2, 0.25) is 0 Å². The molecule has 0 aromatic heterocycles. The minimum absolute atomic E-state index is 0.160. The van der Waals surface area contributed by atoms with Gasteiger partial charge in [-0.05, 0) is 11.1 Å². The van der Waals surface area contributed by atoms with Gasteiger partial charge in [-0.1, -0.05) is 83.9 Å². The number of ether oxygens (including phenoxy) is 1. The lowest BCUT2D eigenvalue weighted by atomic mass is 9.80. The molecule has 1 heterocycles. The largest absolute Gasteiger partial charge is 0.496 e. The van der Waals surface area contributed by atoms with E-state index in [0.717, 1.165) is 10.5 Å². The summed E-state index contributed by atoms with van der Waals surface area (Å²) in [6, 6.07) is 22.1. The van der Waals surface area contributed by atoms with Gasteiger partial charge in [0.15, 0.2) is 11.8 Å². The molecular weight excluding hydrogens is 463 g/mol. The number of hydrogen-bond acceptors (Lipinski definition) is 6. The van der Waals surface area contributed by atoms with E-state index < -0.39 is 29.9 Å². The standard InChI is InChI=1S/C25H22F3N3O4/c1-30-21(32)24(17-12-7-4-8-13-17,31(23(30)29)35-22(33)25(26,27)28)19-15-9-14-18(20(19)34-2)16-10-5-3-6-11-16/h3-15,23H,29H2,1-2H3. The molecule has 35 heavy (non-hydrogen) atoms. The molecule has 0 saturated carbocycles. The zero-order valence-corrected chi connectivity index (χ0v) is 18.8. The van der Waals surface area contributed by atoms with Crippen molar-refractivity contribution in [2.75, 3.05) is 14.2 Å². The quantitative estimate of drug-likeness (QED) is 0.594. The van der Waals surface area contributed by atoms with Crippen molar-refractivity contribution < 1.29 is 32.3 Å². The van der Waals surface area contributed by atoms with E-state index in [1.807, 2.05) is 30.3 Å². The highest BCUT2D eigenvalue weighted by molar-refractivity contribution is 5.95. The maximum Gasteiger partial charge on any atom is 0.492 e. The van der Waals surface area contributed by atoms with Crippen molar-refractivity contribution in [3.05, 3.63) is 90.0 Å². The van der Waals surface area contributed by atoms with Crippen molar-refractivity contribution in [1.29, 1.82) is 0 Å². The number of hydroxylamine groups is 2. The van der Waals surface area contributed by atoms with Gasteiger partial charge in [-0.2, -0.15) is 13.2 Å². The monoisotopic (exact) mass is 485 g/mol. The molecular formula is C25H22F3N3O4. The number of alkyl halides is 3. The first-order chi connectivity index (χ1) is 16.6. The number of carbonyl (C=O) groups is 2. The number of rotatable bonds is 5. The molecule has 1 saturated heterocycles. The van der Waals surface area contributed by atoms with Crippen LogP contribution in [0, 0.1) is 0 Å². The Kier molecular flexibility index (Phi) is 6.27. The first kappa shape index (κ1) is 24.2. The lowest BCUT2D eigenvalue weighted by Gasteiger charge is -2.36. The van der Waals surface area contributed by atoms with Crippen LogP contribution in [0.5, 0.6) is 5.75 Å². The summed E-state index contributed by atoms with van der Waals surface area (Å²) in [7, 11) is 2.71. The highest BCUT2D eigenvalue weighted by Gasteiger charge is 2.63. The van der Waals surface area contributed by atoms with Crippen LogP contribution in [-0.2, 0) is 20.0 Å². The number of methoxy groups -OCH3 is 1. The fourth-order valence-electron chi connectivity index (χ4n) is 4.30. The number of carbonyl (C=O) groups excluding carboxylic acids is 2. The third kappa shape index (κ3) is 3.90. The van der Waals surface area contributed by atoms with Gasteiger partial charge in [0.1, 0.15) is 5.75 Å². The number of para-hydroxylation sites is 1. The van der Waals surface area contributed by atoms with Crippen molar-refractivity contribution in [1.82, 2.24) is 9.96 Å². The Hall–Kier alpha value is -3.89. The molecule has 3 aromatic carbocycles. The maximum absolute atomic E-state index is 13.9. The number of nitrogens with zero attached hydrogens (tertiary/aromatic N) is 2. The summed E-state index contributed by atoms with van der Waals surface area (Å²) in [6.07, 6.45) is -6.83. The smallest absolute Gasteiger partial charge is 0.492 e. The summed E-state index contributed by atoms with van der Waals surface area (Å²) in [5.74, 6) is -2.99. The van der Waals surface area contributed by atoms with Crippen LogP contribution in [0.25, 0.3) is 11.1 Å². The lowest BCUT2D eigenvalue weighted by molar-refractivity contribution is -0.260. The van der Waals surface area contributed by atoms with Gasteiger partial charge < -0.3 is 14.5 Å². The van der Waals surface area contributed by atoms with Crippen molar-refractivity contribution in [3.63, 3.8) is 0 Å². The highest BCUT2D eigenvalue weighted by atomic mass is 19.4. The molecule has 2 atom stereocenters. The molecule has 1 aliphatic heterocycles. The summed E-state index contributed by atoms with van der Waals surface area (Å²) in [5, 5.41) is 0.590. The van der Waals surface area contributed by atoms with Gasteiger partial charge in [-0.15, -0.1) is 0 Å². The van der Waals surface area contributed by atoms with Crippen LogP contribution in [0.2, 0.25) is 0 Å². The second-order valence-corrected chi connectivity index (χ2v) is 7.86.